The molecule has 24 heavy (non-hydrogen) atoms. The smallest absolute Gasteiger partial charge is 0.331 e. The Morgan fingerprint density at radius 1 is 1.42 bits per heavy atom. The highest BCUT2D eigenvalue weighted by molar-refractivity contribution is 5.76. The highest BCUT2D eigenvalue weighted by Crippen LogP contribution is 2.25. The van der Waals surface area contributed by atoms with Crippen LogP contribution in [0.25, 0.3) is 0 Å². The molecular weight excluding hydrogens is 310 g/mol. The average molecular weight is 331 g/mol. The quantitative estimate of drug-likeness (QED) is 0.856. The number of aromatic nitrogens is 4. The van der Waals surface area contributed by atoms with Crippen LogP contribution in [0, 0.1) is 6.92 Å². The Hall–Kier alpha value is -2.64. The average Bonchev–Trinajstić information content (AvgIpc) is 3.02. The van der Waals surface area contributed by atoms with Gasteiger partial charge in [-0.25, -0.2) is 4.79 Å². The largest absolute Gasteiger partial charge is 0.340 e. The maximum absolute atomic E-state index is 12.5. The van der Waals surface area contributed by atoms with Crippen molar-refractivity contribution in [2.45, 2.75) is 32.2 Å². The highest BCUT2D eigenvalue weighted by atomic mass is 16.2. The predicted octanol–water partition coefficient (Wildman–Crippen LogP) is -0.0153. The minimum absolute atomic E-state index is 0.0563. The van der Waals surface area contributed by atoms with E-state index in [1.807, 2.05) is 13.0 Å². The lowest BCUT2D eigenvalue weighted by molar-refractivity contribution is -0.133. The monoisotopic (exact) mass is 331 g/mol. The van der Waals surface area contributed by atoms with E-state index in [0.29, 0.717) is 13.1 Å². The summed E-state index contributed by atoms with van der Waals surface area (Å²) in [7, 11) is 1.41. The van der Waals surface area contributed by atoms with E-state index in [2.05, 4.69) is 10.2 Å². The van der Waals surface area contributed by atoms with Gasteiger partial charge in [-0.15, -0.1) is 0 Å². The Balaban J connectivity index is 1.72. The Bertz CT molecular complexity index is 863. The molecule has 1 fully saturated rings. The fraction of sp³-hybridized carbons (Fsp3) is 0.500. The molecule has 0 saturated carbocycles. The van der Waals surface area contributed by atoms with Gasteiger partial charge in [-0.05, 0) is 25.8 Å². The van der Waals surface area contributed by atoms with Crippen molar-refractivity contribution in [3.8, 4) is 0 Å². The van der Waals surface area contributed by atoms with Crippen LogP contribution in [-0.2, 0) is 18.4 Å². The van der Waals surface area contributed by atoms with Gasteiger partial charge >= 0.3 is 5.69 Å². The minimum atomic E-state index is -0.479. The number of likely N-dealkylation sites (tertiary alicyclic amines) is 1. The number of rotatable bonds is 3. The molecular formula is C16H21N5O3. The second kappa shape index (κ2) is 6.46. The van der Waals surface area contributed by atoms with Gasteiger partial charge in [-0.1, -0.05) is 0 Å². The number of amides is 1. The lowest BCUT2D eigenvalue weighted by Crippen LogP contribution is -2.44. The molecule has 3 heterocycles. The molecule has 0 radical (unpaired) electrons. The number of hydrogen-bond donors (Lipinski definition) is 1. The van der Waals surface area contributed by atoms with E-state index >= 15 is 0 Å². The molecule has 1 amide bonds. The lowest BCUT2D eigenvalue weighted by atomic mass is 9.94. The van der Waals surface area contributed by atoms with Crippen molar-refractivity contribution in [1.82, 2.24) is 24.2 Å². The van der Waals surface area contributed by atoms with Gasteiger partial charge in [0.2, 0.25) is 5.91 Å². The zero-order chi connectivity index (χ0) is 17.3. The molecule has 1 atom stereocenters. The van der Waals surface area contributed by atoms with Crippen LogP contribution < -0.4 is 11.2 Å². The minimum Gasteiger partial charge on any atom is -0.340 e. The standard InChI is InChI=1S/C16H21N5O3/c1-11-8-13(18-17-11)12-4-3-6-20(9-12)15(23)10-21-7-5-14(22)19(2)16(21)24/h5,7-8,12H,3-4,6,9-10H2,1-2H3,(H,17,18). The molecule has 1 aliphatic rings. The van der Waals surface area contributed by atoms with Crippen LogP contribution in [0.2, 0.25) is 0 Å². The topological polar surface area (TPSA) is 93.0 Å². The summed E-state index contributed by atoms with van der Waals surface area (Å²) in [5, 5.41) is 7.23. The number of carbonyl (C=O) groups excluding carboxylic acids is 1. The highest BCUT2D eigenvalue weighted by Gasteiger charge is 2.26. The molecule has 0 aliphatic carbocycles. The second-order valence-corrected chi connectivity index (χ2v) is 6.28. The SMILES string of the molecule is Cc1cc(C2CCCN(C(=O)Cn3ccc(=O)n(C)c3=O)C2)n[nH]1. The summed E-state index contributed by atoms with van der Waals surface area (Å²) in [5.41, 5.74) is 1.12. The molecule has 2 aromatic heterocycles. The van der Waals surface area contributed by atoms with Crippen LogP contribution in [0.1, 0.15) is 30.1 Å². The first-order chi connectivity index (χ1) is 11.5. The Morgan fingerprint density at radius 2 is 2.21 bits per heavy atom. The van der Waals surface area contributed by atoms with Gasteiger partial charge in [-0.2, -0.15) is 5.10 Å². The molecule has 0 spiro atoms. The van der Waals surface area contributed by atoms with Crippen molar-refractivity contribution < 1.29 is 4.79 Å². The van der Waals surface area contributed by atoms with E-state index in [4.69, 9.17) is 0 Å². The van der Waals surface area contributed by atoms with E-state index in [0.717, 1.165) is 28.8 Å². The van der Waals surface area contributed by atoms with Crippen LogP contribution in [0.5, 0.6) is 0 Å². The van der Waals surface area contributed by atoms with Crippen molar-refractivity contribution in [3.63, 3.8) is 0 Å². The van der Waals surface area contributed by atoms with Crippen LogP contribution in [0.3, 0.4) is 0 Å². The molecule has 2 aromatic rings. The van der Waals surface area contributed by atoms with Gasteiger partial charge in [0.05, 0.1) is 5.69 Å². The number of hydrogen-bond acceptors (Lipinski definition) is 4. The van der Waals surface area contributed by atoms with Crippen LogP contribution in [0.15, 0.2) is 27.9 Å². The fourth-order valence-electron chi connectivity index (χ4n) is 3.08. The number of aromatic amines is 1. The number of aryl methyl sites for hydroxylation is 1. The molecule has 128 valence electrons. The fourth-order valence-corrected chi connectivity index (χ4v) is 3.08. The lowest BCUT2D eigenvalue weighted by Gasteiger charge is -2.32. The summed E-state index contributed by atoms with van der Waals surface area (Å²) >= 11 is 0. The second-order valence-electron chi connectivity index (χ2n) is 6.28. The van der Waals surface area contributed by atoms with E-state index < -0.39 is 5.69 Å². The van der Waals surface area contributed by atoms with Crippen LogP contribution in [-0.4, -0.2) is 43.2 Å². The summed E-state index contributed by atoms with van der Waals surface area (Å²) in [4.78, 5) is 37.8. The van der Waals surface area contributed by atoms with Crippen molar-refractivity contribution in [1.29, 1.82) is 0 Å². The summed E-state index contributed by atoms with van der Waals surface area (Å²) in [6.07, 6.45) is 3.28. The third-order valence-corrected chi connectivity index (χ3v) is 4.48. The zero-order valence-electron chi connectivity index (χ0n) is 13.9. The first kappa shape index (κ1) is 16.2. The first-order valence-corrected chi connectivity index (χ1v) is 8.02. The van der Waals surface area contributed by atoms with Crippen molar-refractivity contribution >= 4 is 5.91 Å². The molecule has 1 N–H and O–H groups in total. The Kier molecular flexibility index (Phi) is 4.37. The normalized spacial score (nSPS) is 17.9. The number of carbonyl (C=O) groups is 1. The summed E-state index contributed by atoms with van der Waals surface area (Å²) < 4.78 is 2.27. The van der Waals surface area contributed by atoms with Gasteiger partial charge in [0.1, 0.15) is 6.54 Å². The van der Waals surface area contributed by atoms with Crippen molar-refractivity contribution in [2.75, 3.05) is 13.1 Å². The number of piperidine rings is 1. The molecule has 1 saturated heterocycles. The molecule has 1 unspecified atom stereocenters. The van der Waals surface area contributed by atoms with E-state index in [1.165, 1.54) is 23.9 Å². The molecule has 0 bridgehead atoms. The maximum atomic E-state index is 12.5. The molecule has 8 heteroatoms. The zero-order valence-corrected chi connectivity index (χ0v) is 13.9. The van der Waals surface area contributed by atoms with Gasteiger partial charge in [-0.3, -0.25) is 23.8 Å². The third-order valence-electron chi connectivity index (χ3n) is 4.48. The third kappa shape index (κ3) is 3.17. The van der Waals surface area contributed by atoms with E-state index in [1.54, 1.807) is 4.90 Å². The van der Waals surface area contributed by atoms with Gasteiger partial charge in [0.25, 0.3) is 5.56 Å². The van der Waals surface area contributed by atoms with Gasteiger partial charge < -0.3 is 4.90 Å². The summed E-state index contributed by atoms with van der Waals surface area (Å²) in [6.45, 7) is 3.18. The van der Waals surface area contributed by atoms with E-state index in [-0.39, 0.29) is 23.9 Å². The van der Waals surface area contributed by atoms with Crippen LogP contribution in [0.4, 0.5) is 0 Å². The molecule has 8 nitrogen and oxygen atoms in total. The van der Waals surface area contributed by atoms with Gasteiger partial charge in [0.15, 0.2) is 0 Å². The summed E-state index contributed by atoms with van der Waals surface area (Å²) in [6, 6.07) is 3.30. The van der Waals surface area contributed by atoms with E-state index in [9.17, 15) is 14.4 Å². The molecule has 1 aliphatic heterocycles. The first-order valence-electron chi connectivity index (χ1n) is 8.02. The Labute approximate surface area is 138 Å². The molecule has 3 rings (SSSR count). The van der Waals surface area contributed by atoms with Crippen molar-refractivity contribution in [2.24, 2.45) is 7.05 Å². The predicted molar refractivity (Wildman–Crippen MR) is 87.8 cm³/mol. The maximum Gasteiger partial charge on any atom is 0.331 e. The summed E-state index contributed by atoms with van der Waals surface area (Å²) in [5.74, 6) is 0.0946. The number of nitrogens with one attached hydrogen (secondary N) is 1. The number of nitrogens with zero attached hydrogens (tertiary/aromatic N) is 4. The number of H-pyrrole nitrogens is 1. The van der Waals surface area contributed by atoms with Crippen LogP contribution >= 0.6 is 0 Å². The molecule has 0 aromatic carbocycles. The van der Waals surface area contributed by atoms with Crippen molar-refractivity contribution in [3.05, 3.63) is 50.6 Å². The Morgan fingerprint density at radius 3 is 2.92 bits per heavy atom. The van der Waals surface area contributed by atoms with Gasteiger partial charge in [0, 0.05) is 44.0 Å².